The molecule has 0 aliphatic carbocycles. The molecule has 1 aliphatic heterocycles. The zero-order valence-electron chi connectivity index (χ0n) is 12.7. The van der Waals surface area contributed by atoms with Crippen molar-refractivity contribution in [2.45, 2.75) is 12.6 Å². The van der Waals surface area contributed by atoms with Crippen LogP contribution in [-0.2, 0) is 11.3 Å². The van der Waals surface area contributed by atoms with E-state index in [1.807, 2.05) is 0 Å². The second-order valence-electron chi connectivity index (χ2n) is 5.30. The zero-order chi connectivity index (χ0) is 16.2. The molecule has 2 heterocycles. The molecule has 1 aromatic heterocycles. The Morgan fingerprint density at radius 1 is 1.43 bits per heavy atom. The van der Waals surface area contributed by atoms with Crippen molar-refractivity contribution in [3.8, 4) is 5.75 Å². The first-order valence-corrected chi connectivity index (χ1v) is 7.68. The van der Waals surface area contributed by atoms with Gasteiger partial charge in [0.1, 0.15) is 24.7 Å². The first-order valence-electron chi connectivity index (χ1n) is 7.30. The van der Waals surface area contributed by atoms with E-state index in [1.54, 1.807) is 42.4 Å². The van der Waals surface area contributed by atoms with E-state index in [2.05, 4.69) is 15.3 Å². The summed E-state index contributed by atoms with van der Waals surface area (Å²) in [6.07, 6.45) is 3.19. The fourth-order valence-corrected chi connectivity index (χ4v) is 2.57. The van der Waals surface area contributed by atoms with Crippen LogP contribution < -0.4 is 10.1 Å². The van der Waals surface area contributed by atoms with Crippen LogP contribution in [0.3, 0.4) is 0 Å². The molecular weight excluding hydrogens is 316 g/mol. The first-order chi connectivity index (χ1) is 11.1. The minimum absolute atomic E-state index is 0.0155. The number of fused-ring (bicyclic) bond motifs is 1. The summed E-state index contributed by atoms with van der Waals surface area (Å²) < 4.78 is 5.62. The summed E-state index contributed by atoms with van der Waals surface area (Å²) in [5.41, 5.74) is 1.73. The van der Waals surface area contributed by atoms with Gasteiger partial charge in [0.05, 0.1) is 12.2 Å². The molecule has 0 fully saturated rings. The van der Waals surface area contributed by atoms with Crippen molar-refractivity contribution in [2.24, 2.45) is 0 Å². The van der Waals surface area contributed by atoms with Crippen LogP contribution in [0.4, 0.5) is 0 Å². The molecular formula is C16H17ClN4O2. The zero-order valence-corrected chi connectivity index (χ0v) is 13.5. The number of ether oxygens (including phenoxy) is 1. The molecule has 23 heavy (non-hydrogen) atoms. The second kappa shape index (κ2) is 6.93. The molecule has 1 aliphatic rings. The second-order valence-corrected chi connectivity index (χ2v) is 5.74. The van der Waals surface area contributed by atoms with E-state index in [1.165, 1.54) is 6.33 Å². The molecule has 1 aromatic carbocycles. The molecule has 6 nitrogen and oxygen atoms in total. The number of hydrogen-bond acceptors (Lipinski definition) is 5. The van der Waals surface area contributed by atoms with Crippen LogP contribution in [0.2, 0.25) is 5.02 Å². The Bertz CT molecular complexity index is 693. The monoisotopic (exact) mass is 332 g/mol. The fourth-order valence-electron chi connectivity index (χ4n) is 2.45. The van der Waals surface area contributed by atoms with Crippen molar-refractivity contribution < 1.29 is 9.53 Å². The van der Waals surface area contributed by atoms with Gasteiger partial charge in [-0.15, -0.1) is 0 Å². The number of benzene rings is 1. The van der Waals surface area contributed by atoms with E-state index in [-0.39, 0.29) is 11.9 Å². The molecule has 1 amide bonds. The molecule has 1 atom stereocenters. The molecule has 120 valence electrons. The van der Waals surface area contributed by atoms with Crippen molar-refractivity contribution in [1.82, 2.24) is 20.2 Å². The fraction of sp³-hybridized carbons (Fsp3) is 0.312. The molecule has 0 spiro atoms. The van der Waals surface area contributed by atoms with Gasteiger partial charge in [0.2, 0.25) is 5.91 Å². The van der Waals surface area contributed by atoms with E-state index in [0.717, 1.165) is 17.0 Å². The Hall–Kier alpha value is -2.18. The number of nitrogens with one attached hydrogen (secondary N) is 1. The smallest absolute Gasteiger partial charge is 0.244 e. The molecule has 0 saturated carbocycles. The first kappa shape index (κ1) is 15.7. The highest BCUT2D eigenvalue weighted by Crippen LogP contribution is 2.23. The SMILES string of the molecule is CN(CCOc1ccc(Cl)cc1)C(=O)C1NCc2ncncc21. The number of nitrogens with zero attached hydrogens (tertiary/aromatic N) is 3. The van der Waals surface area contributed by atoms with Gasteiger partial charge in [-0.25, -0.2) is 9.97 Å². The molecule has 3 rings (SSSR count). The molecule has 2 aromatic rings. The van der Waals surface area contributed by atoms with Crippen molar-refractivity contribution in [3.05, 3.63) is 53.1 Å². The molecule has 0 radical (unpaired) electrons. The predicted octanol–water partition coefficient (Wildman–Crippen LogP) is 1.81. The largest absolute Gasteiger partial charge is 0.492 e. The summed E-state index contributed by atoms with van der Waals surface area (Å²) in [7, 11) is 1.76. The number of aromatic nitrogens is 2. The van der Waals surface area contributed by atoms with Crippen LogP contribution in [0, 0.1) is 0 Å². The highest BCUT2D eigenvalue weighted by atomic mass is 35.5. The Morgan fingerprint density at radius 3 is 3.00 bits per heavy atom. The summed E-state index contributed by atoms with van der Waals surface area (Å²) in [4.78, 5) is 22.4. The summed E-state index contributed by atoms with van der Waals surface area (Å²) in [5, 5.41) is 3.83. The van der Waals surface area contributed by atoms with Gasteiger partial charge in [-0.05, 0) is 24.3 Å². The standard InChI is InChI=1S/C16H17ClN4O2/c1-21(6-7-23-12-4-2-11(17)3-5-12)16(22)15-13-8-18-10-20-14(13)9-19-15/h2-5,8,10,15,19H,6-7,9H2,1H3. The number of halogens is 1. The topological polar surface area (TPSA) is 67.3 Å². The lowest BCUT2D eigenvalue weighted by atomic mass is 10.1. The van der Waals surface area contributed by atoms with Crippen LogP contribution in [0.5, 0.6) is 5.75 Å². The Kier molecular flexibility index (Phi) is 4.73. The van der Waals surface area contributed by atoms with Crippen LogP contribution in [0.25, 0.3) is 0 Å². The van der Waals surface area contributed by atoms with Gasteiger partial charge in [0, 0.05) is 30.4 Å². The average Bonchev–Trinajstić information content (AvgIpc) is 3.00. The maximum atomic E-state index is 12.5. The van der Waals surface area contributed by atoms with Crippen molar-refractivity contribution >= 4 is 17.5 Å². The number of likely N-dealkylation sites (N-methyl/N-ethyl adjacent to an activating group) is 1. The van der Waals surface area contributed by atoms with Gasteiger partial charge in [-0.1, -0.05) is 11.6 Å². The molecule has 0 saturated heterocycles. The van der Waals surface area contributed by atoms with Crippen LogP contribution in [0.1, 0.15) is 17.3 Å². The maximum Gasteiger partial charge on any atom is 0.244 e. The number of hydrogen-bond donors (Lipinski definition) is 1. The van der Waals surface area contributed by atoms with Crippen molar-refractivity contribution in [1.29, 1.82) is 0 Å². The number of carbonyl (C=O) groups is 1. The van der Waals surface area contributed by atoms with Crippen LogP contribution in [-0.4, -0.2) is 41.0 Å². The molecule has 7 heteroatoms. The average molecular weight is 333 g/mol. The van der Waals surface area contributed by atoms with Gasteiger partial charge in [0.15, 0.2) is 0 Å². The lowest BCUT2D eigenvalue weighted by molar-refractivity contribution is -0.132. The summed E-state index contributed by atoms with van der Waals surface area (Å²) in [6, 6.07) is 6.76. The Labute approximate surface area is 139 Å². The van der Waals surface area contributed by atoms with E-state index in [0.29, 0.717) is 24.7 Å². The van der Waals surface area contributed by atoms with Gasteiger partial charge in [-0.2, -0.15) is 0 Å². The molecule has 1 unspecified atom stereocenters. The minimum Gasteiger partial charge on any atom is -0.492 e. The lowest BCUT2D eigenvalue weighted by Gasteiger charge is -2.21. The summed E-state index contributed by atoms with van der Waals surface area (Å²) >= 11 is 5.83. The van der Waals surface area contributed by atoms with Crippen molar-refractivity contribution in [3.63, 3.8) is 0 Å². The number of carbonyl (C=O) groups excluding carboxylic acids is 1. The van der Waals surface area contributed by atoms with E-state index in [9.17, 15) is 4.79 Å². The highest BCUT2D eigenvalue weighted by Gasteiger charge is 2.31. The molecule has 0 bridgehead atoms. The van der Waals surface area contributed by atoms with Gasteiger partial charge < -0.3 is 9.64 Å². The van der Waals surface area contributed by atoms with Crippen molar-refractivity contribution in [2.75, 3.05) is 20.2 Å². The quantitative estimate of drug-likeness (QED) is 0.904. The summed E-state index contributed by atoms with van der Waals surface area (Å²) in [5.74, 6) is 0.714. The predicted molar refractivity (Wildman–Crippen MR) is 86.2 cm³/mol. The van der Waals surface area contributed by atoms with E-state index in [4.69, 9.17) is 16.3 Å². The normalized spacial score (nSPS) is 16.0. The summed E-state index contributed by atoms with van der Waals surface area (Å²) in [6.45, 7) is 1.49. The third-order valence-corrected chi connectivity index (χ3v) is 4.00. The lowest BCUT2D eigenvalue weighted by Crippen LogP contribution is -2.38. The van der Waals surface area contributed by atoms with Crippen LogP contribution >= 0.6 is 11.6 Å². The van der Waals surface area contributed by atoms with Crippen LogP contribution in [0.15, 0.2) is 36.8 Å². The van der Waals surface area contributed by atoms with E-state index >= 15 is 0 Å². The number of amides is 1. The highest BCUT2D eigenvalue weighted by molar-refractivity contribution is 6.30. The third-order valence-electron chi connectivity index (χ3n) is 3.74. The third kappa shape index (κ3) is 3.60. The van der Waals surface area contributed by atoms with E-state index < -0.39 is 0 Å². The number of rotatable bonds is 5. The van der Waals surface area contributed by atoms with Gasteiger partial charge in [0.25, 0.3) is 0 Å². The Balaban J connectivity index is 1.53. The van der Waals surface area contributed by atoms with Gasteiger partial charge >= 0.3 is 0 Å². The maximum absolute atomic E-state index is 12.5. The minimum atomic E-state index is -0.383. The van der Waals surface area contributed by atoms with Gasteiger partial charge in [-0.3, -0.25) is 10.1 Å². The Morgan fingerprint density at radius 2 is 2.22 bits per heavy atom. The molecule has 1 N–H and O–H groups in total.